The van der Waals surface area contributed by atoms with Crippen molar-refractivity contribution in [3.05, 3.63) is 58.9 Å². The van der Waals surface area contributed by atoms with Crippen molar-refractivity contribution in [2.75, 3.05) is 10.6 Å². The van der Waals surface area contributed by atoms with Gasteiger partial charge in [0.2, 0.25) is 0 Å². The number of hydrogen-bond donors (Lipinski definition) is 2. The summed E-state index contributed by atoms with van der Waals surface area (Å²) in [5.41, 5.74) is 3.55. The molecule has 1 atom stereocenters. The van der Waals surface area contributed by atoms with Crippen LogP contribution in [0, 0.1) is 6.92 Å². The van der Waals surface area contributed by atoms with Gasteiger partial charge in [0.15, 0.2) is 0 Å². The van der Waals surface area contributed by atoms with Crippen molar-refractivity contribution >= 4 is 28.9 Å². The maximum Gasteiger partial charge on any atom is 0.324 e. The maximum absolute atomic E-state index is 11.9. The quantitative estimate of drug-likeness (QED) is 0.763. The van der Waals surface area contributed by atoms with E-state index in [2.05, 4.69) is 32.1 Å². The normalized spacial score (nSPS) is 11.9. The molecule has 0 aliphatic rings. The van der Waals surface area contributed by atoms with Crippen molar-refractivity contribution in [2.45, 2.75) is 19.9 Å². The summed E-state index contributed by atoms with van der Waals surface area (Å²) in [7, 11) is 0. The molecule has 0 fully saturated rings. The van der Waals surface area contributed by atoms with Crippen molar-refractivity contribution in [2.24, 2.45) is 0 Å². The fourth-order valence-electron chi connectivity index (χ4n) is 2.36. The van der Waals surface area contributed by atoms with Crippen LogP contribution in [0.25, 0.3) is 0 Å². The zero-order chi connectivity index (χ0) is 16.2. The van der Waals surface area contributed by atoms with E-state index in [0.717, 1.165) is 17.1 Å². The Hall–Kier alpha value is -2.67. The second-order valence-corrected chi connectivity index (χ2v) is 5.85. The molecule has 0 aliphatic carbocycles. The van der Waals surface area contributed by atoms with E-state index < -0.39 is 0 Å². The van der Waals surface area contributed by atoms with Crippen LogP contribution in [-0.4, -0.2) is 20.6 Å². The number of anilines is 2. The van der Waals surface area contributed by atoms with Gasteiger partial charge in [-0.1, -0.05) is 12.1 Å². The SMILES string of the molecule is Cc1nccn1[C@H](C)c1ccc(NC(=O)Nc2cscn2)cc1. The van der Waals surface area contributed by atoms with Crippen molar-refractivity contribution in [3.8, 4) is 0 Å². The predicted octanol–water partition coefficient (Wildman–Crippen LogP) is 3.90. The van der Waals surface area contributed by atoms with E-state index in [9.17, 15) is 4.79 Å². The Morgan fingerprint density at radius 2 is 2.00 bits per heavy atom. The number of urea groups is 1. The first-order valence-electron chi connectivity index (χ1n) is 7.19. The maximum atomic E-state index is 11.9. The Morgan fingerprint density at radius 3 is 2.61 bits per heavy atom. The number of aromatic nitrogens is 3. The molecule has 0 bridgehead atoms. The molecule has 0 saturated heterocycles. The van der Waals surface area contributed by atoms with E-state index in [1.807, 2.05) is 37.4 Å². The van der Waals surface area contributed by atoms with Gasteiger partial charge >= 0.3 is 6.03 Å². The van der Waals surface area contributed by atoms with Gasteiger partial charge in [0.05, 0.1) is 11.6 Å². The highest BCUT2D eigenvalue weighted by Gasteiger charge is 2.10. The third-order valence-corrected chi connectivity index (χ3v) is 4.19. The first kappa shape index (κ1) is 15.2. The average Bonchev–Trinajstić information content (AvgIpc) is 3.19. The third kappa shape index (κ3) is 3.57. The van der Waals surface area contributed by atoms with Crippen LogP contribution in [0.3, 0.4) is 0 Å². The molecular formula is C16H17N5OS. The van der Waals surface area contributed by atoms with Gasteiger partial charge in [-0.25, -0.2) is 14.8 Å². The number of rotatable bonds is 4. The number of benzene rings is 1. The lowest BCUT2D eigenvalue weighted by atomic mass is 10.1. The fourth-order valence-corrected chi connectivity index (χ4v) is 2.84. The van der Waals surface area contributed by atoms with Gasteiger partial charge in [0.25, 0.3) is 0 Å². The number of carbonyl (C=O) groups is 1. The molecule has 118 valence electrons. The van der Waals surface area contributed by atoms with Gasteiger partial charge in [0, 0.05) is 23.5 Å². The molecule has 0 unspecified atom stereocenters. The molecule has 6 nitrogen and oxygen atoms in total. The number of imidazole rings is 1. The first-order chi connectivity index (χ1) is 11.1. The summed E-state index contributed by atoms with van der Waals surface area (Å²) in [6, 6.07) is 7.67. The van der Waals surface area contributed by atoms with Crippen molar-refractivity contribution in [1.29, 1.82) is 0 Å². The van der Waals surface area contributed by atoms with Crippen LogP contribution in [0.2, 0.25) is 0 Å². The van der Waals surface area contributed by atoms with Gasteiger partial charge < -0.3 is 9.88 Å². The number of thiazole rings is 1. The molecular weight excluding hydrogens is 310 g/mol. The summed E-state index contributed by atoms with van der Waals surface area (Å²) in [4.78, 5) is 20.1. The van der Waals surface area contributed by atoms with Crippen LogP contribution in [0.15, 0.2) is 47.5 Å². The third-order valence-electron chi connectivity index (χ3n) is 3.60. The molecule has 3 aromatic rings. The number of carbonyl (C=O) groups excluding carboxylic acids is 1. The Morgan fingerprint density at radius 1 is 1.22 bits per heavy atom. The molecule has 2 amide bonds. The van der Waals surface area contributed by atoms with Crippen molar-refractivity contribution in [3.63, 3.8) is 0 Å². The summed E-state index contributed by atoms with van der Waals surface area (Å²) in [5.74, 6) is 1.52. The van der Waals surface area contributed by atoms with E-state index in [-0.39, 0.29) is 12.1 Å². The molecule has 0 radical (unpaired) electrons. The molecule has 0 saturated carbocycles. The molecule has 3 rings (SSSR count). The molecule has 7 heteroatoms. The molecule has 2 heterocycles. The van der Waals surface area contributed by atoms with Crippen LogP contribution >= 0.6 is 11.3 Å². The van der Waals surface area contributed by atoms with Crippen molar-refractivity contribution in [1.82, 2.24) is 14.5 Å². The number of amides is 2. The highest BCUT2D eigenvalue weighted by molar-refractivity contribution is 7.07. The number of nitrogens with zero attached hydrogens (tertiary/aromatic N) is 3. The summed E-state index contributed by atoms with van der Waals surface area (Å²) < 4.78 is 2.11. The Balaban J connectivity index is 1.65. The van der Waals surface area contributed by atoms with Crippen LogP contribution < -0.4 is 10.6 Å². The lowest BCUT2D eigenvalue weighted by molar-refractivity contribution is 0.262. The number of hydrogen-bond acceptors (Lipinski definition) is 4. The Kier molecular flexibility index (Phi) is 4.38. The molecule has 2 N–H and O–H groups in total. The van der Waals surface area contributed by atoms with Gasteiger partial charge in [-0.15, -0.1) is 11.3 Å². The topological polar surface area (TPSA) is 71.8 Å². The second-order valence-electron chi connectivity index (χ2n) is 5.13. The number of nitrogens with one attached hydrogen (secondary N) is 2. The van der Waals surface area contributed by atoms with E-state index in [4.69, 9.17) is 0 Å². The predicted molar refractivity (Wildman–Crippen MR) is 92.0 cm³/mol. The van der Waals surface area contributed by atoms with Crippen LogP contribution in [-0.2, 0) is 0 Å². The van der Waals surface area contributed by atoms with Gasteiger partial charge in [0.1, 0.15) is 11.6 Å². The van der Waals surface area contributed by atoms with Gasteiger partial charge in [-0.2, -0.15) is 0 Å². The average molecular weight is 327 g/mol. The van der Waals surface area contributed by atoms with Crippen molar-refractivity contribution < 1.29 is 4.79 Å². The second kappa shape index (κ2) is 6.62. The minimum atomic E-state index is -0.304. The zero-order valence-electron chi connectivity index (χ0n) is 12.9. The molecule has 2 aromatic heterocycles. The van der Waals surface area contributed by atoms with E-state index >= 15 is 0 Å². The summed E-state index contributed by atoms with van der Waals surface area (Å²) in [6.07, 6.45) is 3.76. The molecule has 23 heavy (non-hydrogen) atoms. The van der Waals surface area contributed by atoms with Gasteiger partial charge in [-0.3, -0.25) is 5.32 Å². The summed E-state index contributed by atoms with van der Waals surface area (Å²) in [5, 5.41) is 7.24. The minimum Gasteiger partial charge on any atom is -0.328 e. The Bertz CT molecular complexity index is 779. The largest absolute Gasteiger partial charge is 0.328 e. The van der Waals surface area contributed by atoms with Gasteiger partial charge in [-0.05, 0) is 31.5 Å². The van der Waals surface area contributed by atoms with Crippen LogP contribution in [0.1, 0.15) is 24.4 Å². The van der Waals surface area contributed by atoms with Crippen LogP contribution in [0.5, 0.6) is 0 Å². The fraction of sp³-hybridized carbons (Fsp3) is 0.188. The molecule has 0 spiro atoms. The highest BCUT2D eigenvalue weighted by Crippen LogP contribution is 2.21. The van der Waals surface area contributed by atoms with Crippen LogP contribution in [0.4, 0.5) is 16.3 Å². The number of aryl methyl sites for hydroxylation is 1. The Labute approximate surface area is 138 Å². The lowest BCUT2D eigenvalue weighted by Crippen LogP contribution is -2.19. The van der Waals surface area contributed by atoms with E-state index in [1.54, 1.807) is 17.1 Å². The highest BCUT2D eigenvalue weighted by atomic mass is 32.1. The first-order valence-corrected chi connectivity index (χ1v) is 8.13. The summed E-state index contributed by atoms with van der Waals surface area (Å²) >= 11 is 1.43. The summed E-state index contributed by atoms with van der Waals surface area (Å²) in [6.45, 7) is 4.10. The van der Waals surface area contributed by atoms with E-state index in [1.165, 1.54) is 11.3 Å². The standard InChI is InChI=1S/C16H17N5OS/c1-11(21-8-7-17-12(21)2)13-3-5-14(6-4-13)19-16(22)20-15-9-23-10-18-15/h3-11H,1-2H3,(H2,19,20,22)/t11-/m1/s1. The minimum absolute atomic E-state index is 0.190. The molecule has 0 aliphatic heterocycles. The monoisotopic (exact) mass is 327 g/mol. The molecule has 1 aromatic carbocycles. The zero-order valence-corrected chi connectivity index (χ0v) is 13.7. The van der Waals surface area contributed by atoms with E-state index in [0.29, 0.717) is 5.82 Å². The smallest absolute Gasteiger partial charge is 0.324 e. The lowest BCUT2D eigenvalue weighted by Gasteiger charge is -2.16.